The molecule has 1 aromatic carbocycles. The van der Waals surface area contributed by atoms with E-state index in [4.69, 9.17) is 10.6 Å². The number of aromatic nitrogens is 2. The van der Waals surface area contributed by atoms with Crippen molar-refractivity contribution in [1.29, 1.82) is 0 Å². The number of hydrogen-bond donors (Lipinski definition) is 1. The summed E-state index contributed by atoms with van der Waals surface area (Å²) < 4.78 is 0. The highest BCUT2D eigenvalue weighted by Crippen LogP contribution is 2.13. The second-order valence-corrected chi connectivity index (χ2v) is 8.61. The largest absolute Gasteiger partial charge is 0.478 e. The van der Waals surface area contributed by atoms with E-state index in [0.29, 0.717) is 26.1 Å². The molecule has 0 bridgehead atoms. The number of carboxylic acid groups (broad SMARTS) is 1. The Labute approximate surface area is 216 Å². The van der Waals surface area contributed by atoms with Crippen LogP contribution in [0.3, 0.4) is 0 Å². The normalized spacial score (nSPS) is 11.5. The Morgan fingerprint density at radius 2 is 1.73 bits per heavy atom. The van der Waals surface area contributed by atoms with Crippen LogP contribution in [0.5, 0.6) is 0 Å². The fourth-order valence-corrected chi connectivity index (χ4v) is 3.96. The number of aromatic carboxylic acids is 1. The van der Waals surface area contributed by atoms with Crippen LogP contribution in [0.25, 0.3) is 10.4 Å². The van der Waals surface area contributed by atoms with Gasteiger partial charge >= 0.3 is 5.97 Å². The SMILES string of the molecule is CCCN(CCN(Cc1ccccn1)C(=O)[C@H](Cc1ccccc1)N=[N+]=[N-])Cc1ccc(C(=O)O)cn1. The Kier molecular flexibility index (Phi) is 10.6. The average molecular weight is 502 g/mol. The van der Waals surface area contributed by atoms with E-state index in [1.807, 2.05) is 48.5 Å². The Morgan fingerprint density at radius 1 is 0.973 bits per heavy atom. The number of carbonyl (C=O) groups excluding carboxylic acids is 1. The standard InChI is InChI=1S/C27H31N7O3/c1-2-14-33(19-24-12-11-22(18-30-24)27(36)37)15-16-34(20-23-10-6-7-13-29-23)26(35)25(31-32-28)17-21-8-4-3-5-9-21/h3-13,18,25H,2,14-17,19-20H2,1H3,(H,36,37)/t25-/m0/s1. The molecule has 0 spiro atoms. The summed E-state index contributed by atoms with van der Waals surface area (Å²) in [6.45, 7) is 4.61. The number of rotatable bonds is 14. The average Bonchev–Trinajstić information content (AvgIpc) is 2.92. The summed E-state index contributed by atoms with van der Waals surface area (Å²) in [6, 6.07) is 17.4. The molecule has 2 heterocycles. The molecule has 0 radical (unpaired) electrons. The van der Waals surface area contributed by atoms with Crippen molar-refractivity contribution >= 4 is 11.9 Å². The second kappa shape index (κ2) is 14.3. The molecule has 37 heavy (non-hydrogen) atoms. The lowest BCUT2D eigenvalue weighted by Gasteiger charge is -2.29. The Hall–Kier alpha value is -4.27. The molecule has 192 valence electrons. The zero-order valence-electron chi connectivity index (χ0n) is 20.8. The maximum atomic E-state index is 13.6. The molecule has 1 amide bonds. The van der Waals surface area contributed by atoms with Crippen molar-refractivity contribution in [2.45, 2.75) is 38.9 Å². The van der Waals surface area contributed by atoms with Gasteiger partial charge in [-0.2, -0.15) is 0 Å². The van der Waals surface area contributed by atoms with Crippen molar-refractivity contribution < 1.29 is 14.7 Å². The first-order valence-electron chi connectivity index (χ1n) is 12.2. The summed E-state index contributed by atoms with van der Waals surface area (Å²) in [6.07, 6.45) is 4.24. The molecule has 2 aromatic heterocycles. The molecule has 1 N–H and O–H groups in total. The smallest absolute Gasteiger partial charge is 0.337 e. The Bertz CT molecular complexity index is 1180. The summed E-state index contributed by atoms with van der Waals surface area (Å²) in [7, 11) is 0. The number of carbonyl (C=O) groups is 2. The maximum Gasteiger partial charge on any atom is 0.337 e. The number of azide groups is 1. The monoisotopic (exact) mass is 501 g/mol. The summed E-state index contributed by atoms with van der Waals surface area (Å²) in [5.74, 6) is -1.27. The van der Waals surface area contributed by atoms with Crippen molar-refractivity contribution in [1.82, 2.24) is 19.8 Å². The number of hydrogen-bond acceptors (Lipinski definition) is 6. The summed E-state index contributed by atoms with van der Waals surface area (Å²) >= 11 is 0. The quantitative estimate of drug-likeness (QED) is 0.198. The van der Waals surface area contributed by atoms with Gasteiger partial charge in [0.05, 0.1) is 23.5 Å². The molecule has 10 heteroatoms. The van der Waals surface area contributed by atoms with Crippen molar-refractivity contribution in [2.75, 3.05) is 19.6 Å². The highest BCUT2D eigenvalue weighted by Gasteiger charge is 2.25. The number of benzene rings is 1. The van der Waals surface area contributed by atoms with Gasteiger partial charge in [-0.25, -0.2) is 4.79 Å². The number of pyridine rings is 2. The van der Waals surface area contributed by atoms with Gasteiger partial charge in [0, 0.05) is 36.9 Å². The van der Waals surface area contributed by atoms with Gasteiger partial charge in [-0.1, -0.05) is 48.4 Å². The third-order valence-corrected chi connectivity index (χ3v) is 5.82. The van der Waals surface area contributed by atoms with E-state index in [1.165, 1.54) is 6.20 Å². The predicted molar refractivity (Wildman–Crippen MR) is 139 cm³/mol. The van der Waals surface area contributed by atoms with Crippen LogP contribution in [0.15, 0.2) is 78.2 Å². The van der Waals surface area contributed by atoms with Crippen LogP contribution in [0, 0.1) is 0 Å². The molecule has 0 aliphatic carbocycles. The molecular formula is C27H31N7O3. The zero-order valence-corrected chi connectivity index (χ0v) is 20.8. The van der Waals surface area contributed by atoms with Gasteiger partial charge in [0.15, 0.2) is 0 Å². The predicted octanol–water partition coefficient (Wildman–Crippen LogP) is 4.34. The molecular weight excluding hydrogens is 470 g/mol. The molecule has 10 nitrogen and oxygen atoms in total. The summed E-state index contributed by atoms with van der Waals surface area (Å²) in [5.41, 5.74) is 11.7. The summed E-state index contributed by atoms with van der Waals surface area (Å²) in [4.78, 5) is 40.2. The molecule has 1 atom stereocenters. The van der Waals surface area contributed by atoms with Gasteiger partial charge in [-0.3, -0.25) is 19.7 Å². The first-order chi connectivity index (χ1) is 18.0. The minimum Gasteiger partial charge on any atom is -0.478 e. The van der Waals surface area contributed by atoms with E-state index in [1.54, 1.807) is 23.2 Å². The number of carboxylic acids is 1. The minimum absolute atomic E-state index is 0.139. The van der Waals surface area contributed by atoms with Crippen LogP contribution < -0.4 is 0 Å². The van der Waals surface area contributed by atoms with Gasteiger partial charge in [0.25, 0.3) is 0 Å². The molecule has 0 saturated heterocycles. The van der Waals surface area contributed by atoms with E-state index in [2.05, 4.69) is 31.8 Å². The van der Waals surface area contributed by atoms with Gasteiger partial charge in [0.1, 0.15) is 6.04 Å². The Morgan fingerprint density at radius 3 is 2.35 bits per heavy atom. The molecule has 0 unspecified atom stereocenters. The van der Waals surface area contributed by atoms with E-state index in [9.17, 15) is 9.59 Å². The third-order valence-electron chi connectivity index (χ3n) is 5.82. The molecule has 0 saturated carbocycles. The van der Waals surface area contributed by atoms with Crippen LogP contribution >= 0.6 is 0 Å². The van der Waals surface area contributed by atoms with Crippen molar-refractivity contribution in [3.8, 4) is 0 Å². The summed E-state index contributed by atoms with van der Waals surface area (Å²) in [5, 5.41) is 12.9. The third kappa shape index (κ3) is 8.71. The van der Waals surface area contributed by atoms with Gasteiger partial charge < -0.3 is 10.0 Å². The maximum absolute atomic E-state index is 13.6. The zero-order chi connectivity index (χ0) is 26.5. The highest BCUT2D eigenvalue weighted by molar-refractivity contribution is 5.87. The van der Waals surface area contributed by atoms with Crippen LogP contribution in [0.2, 0.25) is 0 Å². The highest BCUT2D eigenvalue weighted by atomic mass is 16.4. The van der Waals surface area contributed by atoms with Crippen molar-refractivity contribution in [3.05, 3.63) is 106 Å². The fraction of sp³-hybridized carbons (Fsp3) is 0.333. The van der Waals surface area contributed by atoms with Crippen molar-refractivity contribution in [2.24, 2.45) is 5.11 Å². The van der Waals surface area contributed by atoms with Crippen LogP contribution in [0.4, 0.5) is 0 Å². The number of amides is 1. The number of nitrogens with zero attached hydrogens (tertiary/aromatic N) is 7. The van der Waals surface area contributed by atoms with E-state index in [-0.39, 0.29) is 18.0 Å². The molecule has 3 aromatic rings. The lowest BCUT2D eigenvalue weighted by Crippen LogP contribution is -2.43. The lowest BCUT2D eigenvalue weighted by molar-refractivity contribution is -0.133. The lowest BCUT2D eigenvalue weighted by atomic mass is 10.1. The van der Waals surface area contributed by atoms with Gasteiger partial charge in [-0.05, 0) is 54.7 Å². The molecule has 3 rings (SSSR count). The topological polar surface area (TPSA) is 135 Å². The van der Waals surface area contributed by atoms with Crippen molar-refractivity contribution in [3.63, 3.8) is 0 Å². The van der Waals surface area contributed by atoms with E-state index < -0.39 is 12.0 Å². The second-order valence-electron chi connectivity index (χ2n) is 8.61. The van der Waals surface area contributed by atoms with Crippen LogP contribution in [-0.4, -0.2) is 62.4 Å². The first-order valence-corrected chi connectivity index (χ1v) is 12.2. The van der Waals surface area contributed by atoms with Crippen LogP contribution in [0.1, 0.15) is 40.7 Å². The first kappa shape index (κ1) is 27.3. The van der Waals surface area contributed by atoms with Gasteiger partial charge in [0.2, 0.25) is 5.91 Å². The molecule has 0 aliphatic heterocycles. The van der Waals surface area contributed by atoms with E-state index in [0.717, 1.165) is 29.9 Å². The van der Waals surface area contributed by atoms with E-state index >= 15 is 0 Å². The fourth-order valence-electron chi connectivity index (χ4n) is 3.96. The minimum atomic E-state index is -1.02. The van der Waals surface area contributed by atoms with Crippen LogP contribution in [-0.2, 0) is 24.3 Å². The van der Waals surface area contributed by atoms with Gasteiger partial charge in [-0.15, -0.1) is 0 Å². The Balaban J connectivity index is 1.76. The molecule has 0 aliphatic rings. The molecule has 0 fully saturated rings.